The fraction of sp³-hybridized carbons (Fsp3) is 0.450. The molecule has 1 heterocycles. The average Bonchev–Trinajstić information content (AvgIpc) is 2.97. The molecule has 1 aromatic rings. The highest BCUT2D eigenvalue weighted by Gasteiger charge is 2.48. The van der Waals surface area contributed by atoms with Crippen molar-refractivity contribution in [1.29, 1.82) is 0 Å². The Bertz CT molecular complexity index is 811. The van der Waals surface area contributed by atoms with Crippen LogP contribution in [0.25, 0.3) is 0 Å². The molecule has 1 aromatic carbocycles. The van der Waals surface area contributed by atoms with Gasteiger partial charge < -0.3 is 15.4 Å². The van der Waals surface area contributed by atoms with E-state index < -0.39 is 25.0 Å². The summed E-state index contributed by atoms with van der Waals surface area (Å²) in [7, 11) is 1.52. The molecule has 0 spiro atoms. The summed E-state index contributed by atoms with van der Waals surface area (Å²) in [5, 5.41) is 5.03. The summed E-state index contributed by atoms with van der Waals surface area (Å²) in [5.41, 5.74) is 0.880. The van der Waals surface area contributed by atoms with Crippen LogP contribution in [-0.4, -0.2) is 54.7 Å². The van der Waals surface area contributed by atoms with Crippen molar-refractivity contribution in [2.75, 3.05) is 25.5 Å². The number of esters is 1. The minimum atomic E-state index is -0.810. The van der Waals surface area contributed by atoms with Gasteiger partial charge in [-0.05, 0) is 37.1 Å². The zero-order valence-corrected chi connectivity index (χ0v) is 16.1. The highest BCUT2D eigenvalue weighted by atomic mass is 16.5. The fourth-order valence-electron chi connectivity index (χ4n) is 3.75. The standard InChI is InChI=1S/C20H23N3O6/c1-21-18(26)12-6-8-13(9-7-12)22-16(24)11-29-17(25)10-23-19(27)14-4-2-3-5-15(14)20(23)28/h6-9,14-15H,2-5,10-11H2,1H3,(H,21,26)(H,22,24)/t14-,15-/m1/s1. The minimum Gasteiger partial charge on any atom is -0.454 e. The smallest absolute Gasteiger partial charge is 0.326 e. The van der Waals surface area contributed by atoms with Crippen LogP contribution in [0, 0.1) is 11.8 Å². The summed E-state index contributed by atoms with van der Waals surface area (Å²) >= 11 is 0. The Morgan fingerprint density at radius 1 is 1.03 bits per heavy atom. The summed E-state index contributed by atoms with van der Waals surface area (Å²) in [6.07, 6.45) is 3.15. The summed E-state index contributed by atoms with van der Waals surface area (Å²) in [5.74, 6) is -2.93. The van der Waals surface area contributed by atoms with Crippen molar-refractivity contribution in [2.24, 2.45) is 11.8 Å². The van der Waals surface area contributed by atoms with E-state index in [-0.39, 0.29) is 29.6 Å². The van der Waals surface area contributed by atoms with E-state index in [2.05, 4.69) is 10.6 Å². The normalized spacial score (nSPS) is 20.8. The van der Waals surface area contributed by atoms with Gasteiger partial charge in [-0.2, -0.15) is 0 Å². The number of carbonyl (C=O) groups excluding carboxylic acids is 5. The number of ether oxygens (including phenoxy) is 1. The van der Waals surface area contributed by atoms with Gasteiger partial charge in [-0.1, -0.05) is 12.8 Å². The quantitative estimate of drug-likeness (QED) is 0.535. The largest absolute Gasteiger partial charge is 0.454 e. The molecule has 2 N–H and O–H groups in total. The third-order valence-electron chi connectivity index (χ3n) is 5.24. The van der Waals surface area contributed by atoms with Crippen LogP contribution in [0.4, 0.5) is 5.69 Å². The van der Waals surface area contributed by atoms with Crippen LogP contribution in [0.2, 0.25) is 0 Å². The molecule has 0 bridgehead atoms. The van der Waals surface area contributed by atoms with Gasteiger partial charge in [0.1, 0.15) is 6.54 Å². The fourth-order valence-corrected chi connectivity index (χ4v) is 3.75. The Morgan fingerprint density at radius 2 is 1.62 bits per heavy atom. The second kappa shape index (κ2) is 8.85. The van der Waals surface area contributed by atoms with Gasteiger partial charge in [0, 0.05) is 18.3 Å². The number of imide groups is 1. The van der Waals surface area contributed by atoms with E-state index >= 15 is 0 Å². The number of carbonyl (C=O) groups is 5. The zero-order chi connectivity index (χ0) is 21.0. The molecular formula is C20H23N3O6. The van der Waals surface area contributed by atoms with Gasteiger partial charge in [-0.25, -0.2) is 0 Å². The van der Waals surface area contributed by atoms with E-state index in [1.54, 1.807) is 24.3 Å². The third-order valence-corrected chi connectivity index (χ3v) is 5.24. The molecule has 4 amide bonds. The predicted molar refractivity (Wildman–Crippen MR) is 102 cm³/mol. The van der Waals surface area contributed by atoms with Crippen molar-refractivity contribution in [2.45, 2.75) is 25.7 Å². The molecule has 1 aliphatic carbocycles. The number of hydrogen-bond acceptors (Lipinski definition) is 6. The molecule has 2 fully saturated rings. The summed E-state index contributed by atoms with van der Waals surface area (Å²) in [4.78, 5) is 61.1. The zero-order valence-electron chi connectivity index (χ0n) is 16.1. The molecule has 9 nitrogen and oxygen atoms in total. The third kappa shape index (κ3) is 4.61. The lowest BCUT2D eigenvalue weighted by atomic mass is 9.81. The van der Waals surface area contributed by atoms with Gasteiger partial charge in [0.25, 0.3) is 11.8 Å². The first-order valence-corrected chi connectivity index (χ1v) is 9.53. The van der Waals surface area contributed by atoms with Crippen LogP contribution in [0.3, 0.4) is 0 Å². The number of hydrogen-bond donors (Lipinski definition) is 2. The number of likely N-dealkylation sites (tertiary alicyclic amines) is 1. The van der Waals surface area contributed by atoms with Gasteiger partial charge in [0.05, 0.1) is 11.8 Å². The molecule has 1 saturated heterocycles. The van der Waals surface area contributed by atoms with Crippen LogP contribution >= 0.6 is 0 Å². The molecule has 9 heteroatoms. The SMILES string of the molecule is CNC(=O)c1ccc(NC(=O)COC(=O)CN2C(=O)[C@@H]3CCCC[C@H]3C2=O)cc1. The van der Waals surface area contributed by atoms with E-state index in [9.17, 15) is 24.0 Å². The monoisotopic (exact) mass is 401 g/mol. The maximum Gasteiger partial charge on any atom is 0.326 e. The maximum absolute atomic E-state index is 12.4. The molecule has 0 aromatic heterocycles. The summed E-state index contributed by atoms with van der Waals surface area (Å²) in [6.45, 7) is -1.02. The van der Waals surface area contributed by atoms with Crippen LogP contribution < -0.4 is 10.6 Å². The van der Waals surface area contributed by atoms with Gasteiger partial charge >= 0.3 is 5.97 Å². The number of anilines is 1. The first-order valence-electron chi connectivity index (χ1n) is 9.53. The molecule has 154 valence electrons. The van der Waals surface area contributed by atoms with Gasteiger partial charge in [-0.3, -0.25) is 28.9 Å². The van der Waals surface area contributed by atoms with E-state index in [1.807, 2.05) is 0 Å². The number of rotatable bonds is 6. The van der Waals surface area contributed by atoms with Crippen molar-refractivity contribution in [3.8, 4) is 0 Å². The van der Waals surface area contributed by atoms with Gasteiger partial charge in [-0.15, -0.1) is 0 Å². The topological polar surface area (TPSA) is 122 Å². The number of nitrogens with zero attached hydrogens (tertiary/aromatic N) is 1. The predicted octanol–water partition coefficient (Wildman–Crippen LogP) is 0.703. The van der Waals surface area contributed by atoms with Crippen LogP contribution in [0.15, 0.2) is 24.3 Å². The second-order valence-corrected chi connectivity index (χ2v) is 7.13. The average molecular weight is 401 g/mol. The van der Waals surface area contributed by atoms with E-state index in [4.69, 9.17) is 4.74 Å². The van der Waals surface area contributed by atoms with Crippen molar-refractivity contribution < 1.29 is 28.7 Å². The van der Waals surface area contributed by atoms with Crippen molar-refractivity contribution >= 4 is 35.3 Å². The summed E-state index contributed by atoms with van der Waals surface area (Å²) in [6, 6.07) is 6.19. The van der Waals surface area contributed by atoms with E-state index in [0.29, 0.717) is 24.1 Å². The highest BCUT2D eigenvalue weighted by molar-refractivity contribution is 6.07. The molecule has 0 unspecified atom stereocenters. The Labute approximate surface area is 167 Å². The number of amides is 4. The van der Waals surface area contributed by atoms with E-state index in [1.165, 1.54) is 7.05 Å². The van der Waals surface area contributed by atoms with Crippen molar-refractivity contribution in [3.05, 3.63) is 29.8 Å². The molecule has 0 radical (unpaired) electrons. The lowest BCUT2D eigenvalue weighted by Crippen LogP contribution is -2.37. The van der Waals surface area contributed by atoms with Crippen molar-refractivity contribution in [3.63, 3.8) is 0 Å². The van der Waals surface area contributed by atoms with Crippen LogP contribution in [0.1, 0.15) is 36.0 Å². The van der Waals surface area contributed by atoms with Crippen LogP contribution in [0.5, 0.6) is 0 Å². The van der Waals surface area contributed by atoms with Crippen LogP contribution in [-0.2, 0) is 23.9 Å². The molecule has 1 aliphatic heterocycles. The molecule has 1 saturated carbocycles. The van der Waals surface area contributed by atoms with E-state index in [0.717, 1.165) is 17.7 Å². The number of fused-ring (bicyclic) bond motifs is 1. The lowest BCUT2D eigenvalue weighted by Gasteiger charge is -2.19. The Kier molecular flexibility index (Phi) is 6.26. The maximum atomic E-state index is 12.4. The van der Waals surface area contributed by atoms with Crippen molar-refractivity contribution in [1.82, 2.24) is 10.2 Å². The summed E-state index contributed by atoms with van der Waals surface area (Å²) < 4.78 is 4.91. The Hall–Kier alpha value is -3.23. The number of benzene rings is 1. The van der Waals surface area contributed by atoms with Gasteiger partial charge in [0.2, 0.25) is 11.8 Å². The molecule has 3 rings (SSSR count). The molecule has 2 aliphatic rings. The molecular weight excluding hydrogens is 378 g/mol. The molecule has 2 atom stereocenters. The number of nitrogens with one attached hydrogen (secondary N) is 2. The van der Waals surface area contributed by atoms with Gasteiger partial charge in [0.15, 0.2) is 6.61 Å². The Morgan fingerprint density at radius 3 is 2.17 bits per heavy atom. The lowest BCUT2D eigenvalue weighted by molar-refractivity contribution is -0.154. The minimum absolute atomic E-state index is 0.248. The Balaban J connectivity index is 1.46. The first kappa shape index (κ1) is 20.5. The second-order valence-electron chi connectivity index (χ2n) is 7.13. The highest BCUT2D eigenvalue weighted by Crippen LogP contribution is 2.37. The molecule has 29 heavy (non-hydrogen) atoms. The first-order chi connectivity index (χ1) is 13.9.